The molecule has 20 heavy (non-hydrogen) atoms. The van der Waals surface area contributed by atoms with Crippen molar-refractivity contribution in [1.29, 1.82) is 0 Å². The summed E-state index contributed by atoms with van der Waals surface area (Å²) in [6.45, 7) is 2.53. The number of sulfonamides is 1. The standard InChI is InChI=1S/C13H19BrN2O3S/c1-13(4-3-5-13)8-16-20(17,18)12-7-10(15)9(14)6-11(12)19-2/h6-7,16H,3-5,8,15H2,1-2H3. The number of benzene rings is 1. The summed E-state index contributed by atoms with van der Waals surface area (Å²) >= 11 is 3.26. The second-order valence-electron chi connectivity index (χ2n) is 5.51. The highest BCUT2D eigenvalue weighted by atomic mass is 79.9. The molecule has 0 unspecified atom stereocenters. The molecule has 0 bridgehead atoms. The van der Waals surface area contributed by atoms with Crippen LogP contribution in [-0.4, -0.2) is 22.1 Å². The van der Waals surface area contributed by atoms with Gasteiger partial charge in [0.25, 0.3) is 0 Å². The number of nitrogens with one attached hydrogen (secondary N) is 1. The highest BCUT2D eigenvalue weighted by Crippen LogP contribution is 2.40. The van der Waals surface area contributed by atoms with E-state index in [4.69, 9.17) is 10.5 Å². The van der Waals surface area contributed by atoms with Crippen LogP contribution in [0, 0.1) is 5.41 Å². The second kappa shape index (κ2) is 5.54. The van der Waals surface area contributed by atoms with E-state index >= 15 is 0 Å². The van der Waals surface area contributed by atoms with Crippen molar-refractivity contribution in [1.82, 2.24) is 4.72 Å². The van der Waals surface area contributed by atoms with Gasteiger partial charge < -0.3 is 10.5 Å². The molecule has 1 aliphatic carbocycles. The van der Waals surface area contributed by atoms with Crippen LogP contribution in [0.5, 0.6) is 5.75 Å². The van der Waals surface area contributed by atoms with E-state index in [9.17, 15) is 8.42 Å². The summed E-state index contributed by atoms with van der Waals surface area (Å²) < 4.78 is 33.2. The lowest BCUT2D eigenvalue weighted by Gasteiger charge is -2.38. The zero-order chi connectivity index (χ0) is 15.0. The molecule has 0 aromatic heterocycles. The molecule has 0 saturated heterocycles. The number of rotatable bonds is 5. The van der Waals surface area contributed by atoms with Gasteiger partial charge in [0.2, 0.25) is 10.0 Å². The number of hydrogen-bond acceptors (Lipinski definition) is 4. The fourth-order valence-electron chi connectivity index (χ4n) is 2.22. The van der Waals surface area contributed by atoms with Crippen LogP contribution in [0.15, 0.2) is 21.5 Å². The summed E-state index contributed by atoms with van der Waals surface area (Å²) in [6, 6.07) is 2.98. The first-order valence-corrected chi connectivity index (χ1v) is 8.68. The Balaban J connectivity index is 2.26. The van der Waals surface area contributed by atoms with Gasteiger partial charge in [0.15, 0.2) is 0 Å². The molecule has 2 rings (SSSR count). The Morgan fingerprint density at radius 3 is 2.60 bits per heavy atom. The van der Waals surface area contributed by atoms with Crippen molar-refractivity contribution >= 4 is 31.6 Å². The molecule has 1 fully saturated rings. The van der Waals surface area contributed by atoms with Crippen molar-refractivity contribution in [3.05, 3.63) is 16.6 Å². The van der Waals surface area contributed by atoms with Gasteiger partial charge in [-0.15, -0.1) is 0 Å². The SMILES string of the molecule is COc1cc(Br)c(N)cc1S(=O)(=O)NCC1(C)CCC1. The third-order valence-electron chi connectivity index (χ3n) is 3.82. The minimum Gasteiger partial charge on any atom is -0.495 e. The van der Waals surface area contributed by atoms with E-state index in [0.29, 0.717) is 16.7 Å². The predicted octanol–water partition coefficient (Wildman–Crippen LogP) is 2.51. The molecule has 0 heterocycles. The summed E-state index contributed by atoms with van der Waals surface area (Å²) in [5.74, 6) is 0.275. The van der Waals surface area contributed by atoms with E-state index in [1.54, 1.807) is 6.07 Å². The Bertz CT molecular complexity index is 612. The molecule has 0 atom stereocenters. The number of ether oxygens (including phenoxy) is 1. The number of methoxy groups -OCH3 is 1. The molecule has 3 N–H and O–H groups in total. The molecule has 5 nitrogen and oxygen atoms in total. The Kier molecular flexibility index (Phi) is 4.32. The molecule has 7 heteroatoms. The van der Waals surface area contributed by atoms with Crippen LogP contribution < -0.4 is 15.2 Å². The third-order valence-corrected chi connectivity index (χ3v) is 5.93. The van der Waals surface area contributed by atoms with Crippen LogP contribution in [0.3, 0.4) is 0 Å². The molecule has 0 aliphatic heterocycles. The summed E-state index contributed by atoms with van der Waals surface area (Å²) in [4.78, 5) is 0.0728. The Hall–Kier alpha value is -0.790. The molecular formula is C13H19BrN2O3S. The van der Waals surface area contributed by atoms with Crippen LogP contribution >= 0.6 is 15.9 Å². The van der Waals surface area contributed by atoms with E-state index < -0.39 is 10.0 Å². The van der Waals surface area contributed by atoms with Crippen LogP contribution in [0.1, 0.15) is 26.2 Å². The van der Waals surface area contributed by atoms with Crippen molar-refractivity contribution in [2.45, 2.75) is 31.1 Å². The largest absolute Gasteiger partial charge is 0.495 e. The Labute approximate surface area is 128 Å². The maximum Gasteiger partial charge on any atom is 0.244 e. The summed E-state index contributed by atoms with van der Waals surface area (Å²) in [5, 5.41) is 0. The van der Waals surface area contributed by atoms with Gasteiger partial charge in [-0.3, -0.25) is 0 Å². The number of nitrogen functional groups attached to an aromatic ring is 1. The van der Waals surface area contributed by atoms with Crippen LogP contribution in [0.2, 0.25) is 0 Å². The molecule has 112 valence electrons. The summed E-state index contributed by atoms with van der Waals surface area (Å²) in [7, 11) is -2.19. The molecule has 1 aliphatic rings. The number of nitrogens with two attached hydrogens (primary N) is 1. The van der Waals surface area contributed by atoms with E-state index in [2.05, 4.69) is 27.6 Å². The fraction of sp³-hybridized carbons (Fsp3) is 0.538. The van der Waals surface area contributed by atoms with Crippen LogP contribution in [0.25, 0.3) is 0 Å². The first-order valence-electron chi connectivity index (χ1n) is 6.40. The highest BCUT2D eigenvalue weighted by molar-refractivity contribution is 9.10. The molecular weight excluding hydrogens is 344 g/mol. The van der Waals surface area contributed by atoms with Gasteiger partial charge in [-0.2, -0.15) is 0 Å². The topological polar surface area (TPSA) is 81.4 Å². The molecule has 0 radical (unpaired) electrons. The molecule has 0 spiro atoms. The fourth-order valence-corrected chi connectivity index (χ4v) is 3.93. The first kappa shape index (κ1) is 15.6. The molecule has 0 amide bonds. The van der Waals surface area contributed by atoms with Gasteiger partial charge >= 0.3 is 0 Å². The molecule has 1 aromatic rings. The number of anilines is 1. The predicted molar refractivity (Wildman–Crippen MR) is 82.3 cm³/mol. The smallest absolute Gasteiger partial charge is 0.244 e. The molecule has 1 aromatic carbocycles. The van der Waals surface area contributed by atoms with Crippen molar-refractivity contribution in [2.24, 2.45) is 5.41 Å². The average Bonchev–Trinajstić information content (AvgIpc) is 2.36. The lowest BCUT2D eigenvalue weighted by molar-refractivity contribution is 0.166. The minimum atomic E-state index is -3.63. The second-order valence-corrected chi connectivity index (χ2v) is 8.10. The van der Waals surface area contributed by atoms with Crippen molar-refractivity contribution in [3.8, 4) is 5.75 Å². The van der Waals surface area contributed by atoms with Crippen molar-refractivity contribution in [2.75, 3.05) is 19.4 Å². The summed E-state index contributed by atoms with van der Waals surface area (Å²) in [5.41, 5.74) is 6.20. The minimum absolute atomic E-state index is 0.0706. The van der Waals surface area contributed by atoms with E-state index in [0.717, 1.165) is 19.3 Å². The van der Waals surface area contributed by atoms with Gasteiger partial charge in [0.05, 0.1) is 7.11 Å². The Morgan fingerprint density at radius 2 is 2.10 bits per heavy atom. The van der Waals surface area contributed by atoms with Crippen molar-refractivity contribution in [3.63, 3.8) is 0 Å². The lowest BCUT2D eigenvalue weighted by atomic mass is 9.71. The van der Waals surface area contributed by atoms with Crippen LogP contribution in [-0.2, 0) is 10.0 Å². The maximum atomic E-state index is 12.4. The van der Waals surface area contributed by atoms with Crippen molar-refractivity contribution < 1.29 is 13.2 Å². The maximum absolute atomic E-state index is 12.4. The van der Waals surface area contributed by atoms with E-state index in [1.807, 2.05) is 0 Å². The summed E-state index contributed by atoms with van der Waals surface area (Å²) in [6.07, 6.45) is 3.26. The normalized spacial score (nSPS) is 17.6. The van der Waals surface area contributed by atoms with Crippen LogP contribution in [0.4, 0.5) is 5.69 Å². The lowest BCUT2D eigenvalue weighted by Crippen LogP contribution is -2.40. The zero-order valence-corrected chi connectivity index (χ0v) is 14.0. The zero-order valence-electron chi connectivity index (χ0n) is 11.6. The number of halogens is 1. The average molecular weight is 363 g/mol. The van der Waals surface area contributed by atoms with Gasteiger partial charge in [-0.05, 0) is 46.3 Å². The third kappa shape index (κ3) is 3.10. The molecule has 1 saturated carbocycles. The highest BCUT2D eigenvalue weighted by Gasteiger charge is 2.33. The first-order chi connectivity index (χ1) is 9.27. The number of hydrogen-bond donors (Lipinski definition) is 2. The van der Waals surface area contributed by atoms with Gasteiger partial charge in [-0.1, -0.05) is 13.3 Å². The monoisotopic (exact) mass is 362 g/mol. The van der Waals surface area contributed by atoms with E-state index in [1.165, 1.54) is 13.2 Å². The quantitative estimate of drug-likeness (QED) is 0.788. The van der Waals surface area contributed by atoms with Gasteiger partial charge in [0, 0.05) is 16.7 Å². The Morgan fingerprint density at radius 1 is 1.45 bits per heavy atom. The van der Waals surface area contributed by atoms with Gasteiger partial charge in [-0.25, -0.2) is 13.1 Å². The van der Waals surface area contributed by atoms with Gasteiger partial charge in [0.1, 0.15) is 10.6 Å². The van der Waals surface area contributed by atoms with E-state index in [-0.39, 0.29) is 16.1 Å².